The van der Waals surface area contributed by atoms with E-state index in [1.165, 1.54) is 26.0 Å². The fourth-order valence-electron chi connectivity index (χ4n) is 4.81. The molecule has 0 bridgehead atoms. The van der Waals surface area contributed by atoms with Crippen LogP contribution in [-0.4, -0.2) is 180 Å². The van der Waals surface area contributed by atoms with Crippen molar-refractivity contribution in [3.8, 4) is 0 Å². The normalized spacial score (nSPS) is 15.1. The SMILES string of the molecule is C=C(C)C(=O)OCCOC(=O)CCC(=O)OCC(O)CN1C(=O)N(CC(O)COC(=O)CCC(=O)OCCOC(=O)C(=C)C)C(O)N(CC(O)COC(=O)c2ccccc2)C1=O. The van der Waals surface area contributed by atoms with Crippen molar-refractivity contribution < 1.29 is 96.7 Å². The molecule has 1 saturated heterocycles. The van der Waals surface area contributed by atoms with Crippen LogP contribution >= 0.6 is 0 Å². The number of rotatable bonds is 27. The topological polar surface area (TPSA) is 309 Å². The Morgan fingerprint density at radius 1 is 0.565 bits per heavy atom. The number of esters is 7. The third-order valence-corrected chi connectivity index (χ3v) is 7.93. The van der Waals surface area contributed by atoms with E-state index in [0.717, 1.165) is 0 Å². The highest BCUT2D eigenvalue weighted by molar-refractivity contribution is 5.96. The van der Waals surface area contributed by atoms with Gasteiger partial charge in [-0.25, -0.2) is 28.9 Å². The average Bonchev–Trinajstić information content (AvgIpc) is 3.24. The Hall–Kier alpha value is -6.43. The predicted molar refractivity (Wildman–Crippen MR) is 206 cm³/mol. The van der Waals surface area contributed by atoms with Crippen LogP contribution in [0.15, 0.2) is 54.6 Å². The lowest BCUT2D eigenvalue weighted by Gasteiger charge is -2.45. The van der Waals surface area contributed by atoms with Crippen LogP contribution in [0.25, 0.3) is 0 Å². The Kier molecular flexibility index (Phi) is 22.3. The number of β-amino-alcohol motifs (C(OH)–C–C–N with tert-alkyl or cyclic N) is 3. The number of nitrogens with zero attached hydrogens (tertiary/aromatic N) is 3. The zero-order valence-electron chi connectivity index (χ0n) is 34.2. The quantitative estimate of drug-likeness (QED) is 0.0369. The highest BCUT2D eigenvalue weighted by Crippen LogP contribution is 2.20. The number of benzene rings is 1. The summed E-state index contributed by atoms with van der Waals surface area (Å²) in [7, 11) is 0. The van der Waals surface area contributed by atoms with Crippen molar-refractivity contribution in [2.45, 2.75) is 64.2 Å². The minimum atomic E-state index is -2.17. The molecule has 1 aliphatic heterocycles. The minimum Gasteiger partial charge on any atom is -0.463 e. The van der Waals surface area contributed by atoms with Crippen molar-refractivity contribution >= 4 is 53.8 Å². The largest absolute Gasteiger partial charge is 0.463 e. The first kappa shape index (κ1) is 51.7. The van der Waals surface area contributed by atoms with Gasteiger partial charge < -0.3 is 53.6 Å². The van der Waals surface area contributed by atoms with E-state index in [0.29, 0.717) is 14.7 Å². The van der Waals surface area contributed by atoms with E-state index >= 15 is 0 Å². The molecule has 23 nitrogen and oxygen atoms in total. The molecule has 4 unspecified atom stereocenters. The van der Waals surface area contributed by atoms with Gasteiger partial charge in [-0.1, -0.05) is 31.4 Å². The zero-order chi connectivity index (χ0) is 46.4. The summed E-state index contributed by atoms with van der Waals surface area (Å²) in [6.45, 7) is 3.90. The molecular formula is C39H51N3O20. The molecule has 1 heterocycles. The molecule has 0 saturated carbocycles. The second-order valence-corrected chi connectivity index (χ2v) is 13.4. The molecule has 0 aliphatic carbocycles. The Morgan fingerprint density at radius 3 is 1.32 bits per heavy atom. The van der Waals surface area contributed by atoms with Crippen LogP contribution in [0.3, 0.4) is 0 Å². The Morgan fingerprint density at radius 2 is 0.919 bits per heavy atom. The summed E-state index contributed by atoms with van der Waals surface area (Å²) in [6, 6.07) is 5.15. The number of carbonyl (C=O) groups excluding carboxylic acids is 9. The summed E-state index contributed by atoms with van der Waals surface area (Å²) in [5, 5.41) is 43.1. The maximum atomic E-state index is 13.5. The maximum absolute atomic E-state index is 13.5. The van der Waals surface area contributed by atoms with Gasteiger partial charge in [0.1, 0.15) is 64.6 Å². The highest BCUT2D eigenvalue weighted by atomic mass is 16.6. The van der Waals surface area contributed by atoms with Crippen LogP contribution < -0.4 is 0 Å². The second kappa shape index (κ2) is 26.7. The number of urea groups is 2. The molecule has 23 heteroatoms. The van der Waals surface area contributed by atoms with Gasteiger partial charge in [0.25, 0.3) is 0 Å². The molecule has 1 fully saturated rings. The highest BCUT2D eigenvalue weighted by Gasteiger charge is 2.45. The van der Waals surface area contributed by atoms with Crippen molar-refractivity contribution in [1.29, 1.82) is 0 Å². The van der Waals surface area contributed by atoms with E-state index < -0.39 is 144 Å². The van der Waals surface area contributed by atoms with Crippen molar-refractivity contribution in [2.24, 2.45) is 0 Å². The number of hydrogen-bond acceptors (Lipinski definition) is 20. The summed E-state index contributed by atoms with van der Waals surface area (Å²) in [4.78, 5) is 112. The van der Waals surface area contributed by atoms with E-state index in [2.05, 4.69) is 13.2 Å². The number of hydrogen-bond donors (Lipinski definition) is 4. The monoisotopic (exact) mass is 881 g/mol. The lowest BCUT2D eigenvalue weighted by molar-refractivity contribution is -0.155. The number of aliphatic hydroxyl groups is 4. The van der Waals surface area contributed by atoms with Crippen LogP contribution in [0.4, 0.5) is 9.59 Å². The fourth-order valence-corrected chi connectivity index (χ4v) is 4.81. The molecule has 0 spiro atoms. The van der Waals surface area contributed by atoms with Gasteiger partial charge in [0.05, 0.1) is 50.9 Å². The molecule has 1 aliphatic rings. The Bertz CT molecular complexity index is 1770. The van der Waals surface area contributed by atoms with Gasteiger partial charge in [0.2, 0.25) is 6.35 Å². The standard InChI is InChI=1S/C39H51N3O20/c1-24(2)34(50)58-16-14-56-30(46)10-12-32(48)60-21-27(43)18-40-37(53)41(19-28(44)22-61-33(49)13-11-31(47)57-15-17-59-35(51)25(3)4)39(55)42(38(40)54)20-29(45)23-62-36(52)26-8-6-5-7-9-26/h5-9,27-29,38,43-45,54H,1,3,10-23H2,2,4H3. The average molecular weight is 882 g/mol. The first-order valence-electron chi connectivity index (χ1n) is 18.9. The number of amides is 4. The minimum absolute atomic E-state index is 0.144. The molecule has 4 atom stereocenters. The van der Waals surface area contributed by atoms with Gasteiger partial charge >= 0.3 is 53.8 Å². The Balaban J connectivity index is 2.00. The van der Waals surface area contributed by atoms with Crippen molar-refractivity contribution in [3.63, 3.8) is 0 Å². The molecule has 62 heavy (non-hydrogen) atoms. The molecule has 342 valence electrons. The third-order valence-electron chi connectivity index (χ3n) is 7.93. The fraction of sp³-hybridized carbons (Fsp3) is 0.513. The predicted octanol–water partition coefficient (Wildman–Crippen LogP) is -0.667. The van der Waals surface area contributed by atoms with Crippen LogP contribution in [0.5, 0.6) is 0 Å². The third kappa shape index (κ3) is 18.9. The molecule has 4 N–H and O–H groups in total. The van der Waals surface area contributed by atoms with Crippen molar-refractivity contribution in [1.82, 2.24) is 14.7 Å². The first-order chi connectivity index (χ1) is 29.3. The molecule has 4 amide bonds. The molecule has 0 radical (unpaired) electrons. The number of aliphatic hydroxyl groups excluding tert-OH is 4. The lowest BCUT2D eigenvalue weighted by Crippen LogP contribution is -2.69. The number of ether oxygens (including phenoxy) is 7. The molecule has 1 aromatic carbocycles. The van der Waals surface area contributed by atoms with Crippen LogP contribution in [0.1, 0.15) is 49.9 Å². The van der Waals surface area contributed by atoms with Crippen LogP contribution in [-0.2, 0) is 61.9 Å². The van der Waals surface area contributed by atoms with Crippen LogP contribution in [0.2, 0.25) is 0 Å². The first-order valence-corrected chi connectivity index (χ1v) is 18.9. The number of imide groups is 1. The van der Waals surface area contributed by atoms with Crippen LogP contribution in [0, 0.1) is 0 Å². The van der Waals surface area contributed by atoms with Gasteiger partial charge in [0.15, 0.2) is 0 Å². The summed E-state index contributed by atoms with van der Waals surface area (Å²) in [5.74, 6) is -5.79. The van der Waals surface area contributed by atoms with E-state index in [-0.39, 0.29) is 43.1 Å². The van der Waals surface area contributed by atoms with Gasteiger partial charge in [-0.15, -0.1) is 0 Å². The number of carbonyl (C=O) groups is 9. The molecular weight excluding hydrogens is 830 g/mol. The van der Waals surface area contributed by atoms with Gasteiger partial charge in [-0.2, -0.15) is 0 Å². The zero-order valence-corrected chi connectivity index (χ0v) is 34.2. The smallest absolute Gasteiger partial charge is 0.338 e. The lowest BCUT2D eigenvalue weighted by atomic mass is 10.2. The summed E-state index contributed by atoms with van der Waals surface area (Å²) in [5.41, 5.74) is 0.441. The Labute approximate surface area is 355 Å². The molecule has 0 aromatic heterocycles. The maximum Gasteiger partial charge on any atom is 0.338 e. The second-order valence-electron chi connectivity index (χ2n) is 13.4. The summed E-state index contributed by atoms with van der Waals surface area (Å²) < 4.78 is 34.2. The van der Waals surface area contributed by atoms with Gasteiger partial charge in [-0.3, -0.25) is 29.0 Å². The van der Waals surface area contributed by atoms with E-state index in [4.69, 9.17) is 33.2 Å². The van der Waals surface area contributed by atoms with E-state index in [1.807, 2.05) is 0 Å². The van der Waals surface area contributed by atoms with E-state index in [1.54, 1.807) is 18.2 Å². The summed E-state index contributed by atoms with van der Waals surface area (Å²) >= 11 is 0. The van der Waals surface area contributed by atoms with E-state index in [9.17, 15) is 63.6 Å². The van der Waals surface area contributed by atoms with Gasteiger partial charge in [0, 0.05) is 11.1 Å². The molecule has 1 aromatic rings. The van der Waals surface area contributed by atoms with Crippen molar-refractivity contribution in [3.05, 3.63) is 60.2 Å². The summed E-state index contributed by atoms with van der Waals surface area (Å²) in [6.07, 6.45) is -9.17. The molecule has 2 rings (SSSR count). The van der Waals surface area contributed by atoms with Crippen molar-refractivity contribution in [2.75, 3.05) is 65.9 Å². The van der Waals surface area contributed by atoms with Gasteiger partial charge in [-0.05, 0) is 26.0 Å².